The second kappa shape index (κ2) is 8.03. The largest absolute Gasteiger partial charge is 0.475 e. The highest BCUT2D eigenvalue weighted by atomic mass is 16.5. The number of nitrogens with zero attached hydrogens (tertiary/aromatic N) is 1. The molecule has 0 saturated carbocycles. The molecule has 96 valence electrons. The van der Waals surface area contributed by atoms with E-state index < -0.39 is 0 Å². The summed E-state index contributed by atoms with van der Waals surface area (Å²) < 4.78 is 10.4. The Balaban J connectivity index is 2.47. The number of aryl methyl sites for hydroxylation is 1. The molecule has 0 spiro atoms. The van der Waals surface area contributed by atoms with Gasteiger partial charge in [-0.05, 0) is 25.5 Å². The molecule has 1 heterocycles. The van der Waals surface area contributed by atoms with Crippen molar-refractivity contribution in [3.05, 3.63) is 23.4 Å². The Bertz CT molecular complexity index is 329. The lowest BCUT2D eigenvalue weighted by molar-refractivity contribution is 0.143. The molecule has 1 rings (SSSR count). The molecule has 0 aliphatic heterocycles. The number of nitrogens with one attached hydrogen (secondary N) is 1. The number of aromatic nitrogens is 1. The second-order valence-corrected chi connectivity index (χ2v) is 3.91. The zero-order valence-electron chi connectivity index (χ0n) is 11.0. The van der Waals surface area contributed by atoms with Gasteiger partial charge >= 0.3 is 0 Å². The molecule has 0 aliphatic rings. The zero-order valence-corrected chi connectivity index (χ0v) is 11.0. The van der Waals surface area contributed by atoms with Crippen LogP contribution in [-0.2, 0) is 11.3 Å². The number of ether oxygens (including phenoxy) is 2. The summed E-state index contributed by atoms with van der Waals surface area (Å²) in [6, 6.07) is 3.97. The molecule has 1 N–H and O–H groups in total. The van der Waals surface area contributed by atoms with Gasteiger partial charge in [0.2, 0.25) is 5.88 Å². The van der Waals surface area contributed by atoms with Crippen LogP contribution >= 0.6 is 0 Å². The Kier molecular flexibility index (Phi) is 6.58. The fraction of sp³-hybridized carbons (Fsp3) is 0.615. The Morgan fingerprint density at radius 3 is 2.76 bits per heavy atom. The van der Waals surface area contributed by atoms with Crippen LogP contribution in [0.3, 0.4) is 0 Å². The topological polar surface area (TPSA) is 43.4 Å². The lowest BCUT2D eigenvalue weighted by atomic mass is 10.2. The van der Waals surface area contributed by atoms with Crippen LogP contribution in [0.25, 0.3) is 0 Å². The van der Waals surface area contributed by atoms with Crippen LogP contribution in [0, 0.1) is 6.92 Å². The Morgan fingerprint density at radius 1 is 1.29 bits per heavy atom. The summed E-state index contributed by atoms with van der Waals surface area (Å²) in [4.78, 5) is 4.41. The van der Waals surface area contributed by atoms with E-state index >= 15 is 0 Å². The van der Waals surface area contributed by atoms with Crippen LogP contribution in [0.1, 0.15) is 24.6 Å². The highest BCUT2D eigenvalue weighted by Crippen LogP contribution is 2.12. The average molecular weight is 238 g/mol. The van der Waals surface area contributed by atoms with E-state index in [2.05, 4.69) is 23.3 Å². The quantitative estimate of drug-likeness (QED) is 0.703. The fourth-order valence-electron chi connectivity index (χ4n) is 1.46. The van der Waals surface area contributed by atoms with Crippen LogP contribution < -0.4 is 10.1 Å². The lowest BCUT2D eigenvalue weighted by Gasteiger charge is -2.09. The first-order chi connectivity index (χ1) is 8.27. The van der Waals surface area contributed by atoms with Crippen LogP contribution in [0.15, 0.2) is 12.1 Å². The molecule has 4 heteroatoms. The second-order valence-electron chi connectivity index (χ2n) is 3.91. The predicted molar refractivity (Wildman–Crippen MR) is 68.3 cm³/mol. The van der Waals surface area contributed by atoms with E-state index in [9.17, 15) is 0 Å². The molecule has 1 aromatic heterocycles. The molecule has 0 aromatic carbocycles. The van der Waals surface area contributed by atoms with Crippen molar-refractivity contribution >= 4 is 0 Å². The smallest absolute Gasteiger partial charge is 0.213 e. The minimum Gasteiger partial charge on any atom is -0.475 e. The minimum absolute atomic E-state index is 0.538. The van der Waals surface area contributed by atoms with E-state index in [4.69, 9.17) is 9.47 Å². The summed E-state index contributed by atoms with van der Waals surface area (Å²) in [5.41, 5.74) is 2.24. The highest BCUT2D eigenvalue weighted by molar-refractivity contribution is 5.24. The van der Waals surface area contributed by atoms with E-state index in [1.807, 2.05) is 13.0 Å². The van der Waals surface area contributed by atoms with E-state index in [0.29, 0.717) is 19.1 Å². The summed E-state index contributed by atoms with van der Waals surface area (Å²) in [5.74, 6) is 0.666. The summed E-state index contributed by atoms with van der Waals surface area (Å²) in [5, 5.41) is 3.36. The third-order valence-corrected chi connectivity index (χ3v) is 2.45. The summed E-state index contributed by atoms with van der Waals surface area (Å²) in [6.45, 7) is 7.18. The first-order valence-corrected chi connectivity index (χ1v) is 6.07. The monoisotopic (exact) mass is 238 g/mol. The Labute approximate surface area is 103 Å². The van der Waals surface area contributed by atoms with Gasteiger partial charge in [0, 0.05) is 25.4 Å². The Hall–Kier alpha value is -1.13. The third-order valence-electron chi connectivity index (χ3n) is 2.45. The Morgan fingerprint density at radius 2 is 2.12 bits per heavy atom. The van der Waals surface area contributed by atoms with Crippen molar-refractivity contribution < 1.29 is 9.47 Å². The van der Waals surface area contributed by atoms with Gasteiger partial charge in [-0.1, -0.05) is 13.0 Å². The normalized spacial score (nSPS) is 10.5. The molecule has 0 radical (unpaired) electrons. The molecule has 1 aromatic rings. The fourth-order valence-corrected chi connectivity index (χ4v) is 1.46. The third kappa shape index (κ3) is 5.15. The molecule has 0 amide bonds. The molecule has 0 unspecified atom stereocenters. The molecule has 4 nitrogen and oxygen atoms in total. The van der Waals surface area contributed by atoms with Gasteiger partial charge in [-0.15, -0.1) is 0 Å². The van der Waals surface area contributed by atoms with Gasteiger partial charge in [0.1, 0.15) is 6.61 Å². The molecule has 17 heavy (non-hydrogen) atoms. The van der Waals surface area contributed by atoms with Crippen molar-refractivity contribution in [2.75, 3.05) is 26.9 Å². The van der Waals surface area contributed by atoms with E-state index in [1.165, 1.54) is 5.56 Å². The van der Waals surface area contributed by atoms with Gasteiger partial charge in [-0.2, -0.15) is 0 Å². The van der Waals surface area contributed by atoms with Gasteiger partial charge in [-0.3, -0.25) is 0 Å². The maximum atomic E-state index is 5.45. The van der Waals surface area contributed by atoms with Gasteiger partial charge in [0.15, 0.2) is 0 Å². The summed E-state index contributed by atoms with van der Waals surface area (Å²) in [6.07, 6.45) is 1.14. The van der Waals surface area contributed by atoms with Gasteiger partial charge in [0.05, 0.1) is 6.61 Å². The molecule has 0 atom stereocenters. The number of rotatable bonds is 8. The molecule has 0 fully saturated rings. The molecular formula is C13H22N2O2. The SMILES string of the molecule is CCCNCc1ccc(OCCOC)nc1C. The van der Waals surface area contributed by atoms with Crippen LogP contribution in [-0.4, -0.2) is 31.9 Å². The van der Waals surface area contributed by atoms with Gasteiger partial charge in [-0.25, -0.2) is 4.98 Å². The van der Waals surface area contributed by atoms with E-state index in [-0.39, 0.29) is 0 Å². The number of pyridine rings is 1. The van der Waals surface area contributed by atoms with E-state index in [1.54, 1.807) is 7.11 Å². The standard InChI is InChI=1S/C13H22N2O2/c1-4-7-14-10-12-5-6-13(15-11(12)2)17-9-8-16-3/h5-6,14H,4,7-10H2,1-3H3. The maximum absolute atomic E-state index is 5.45. The molecule has 0 aliphatic carbocycles. The average Bonchev–Trinajstić information content (AvgIpc) is 2.32. The van der Waals surface area contributed by atoms with Gasteiger partial charge in [0.25, 0.3) is 0 Å². The number of methoxy groups -OCH3 is 1. The highest BCUT2D eigenvalue weighted by Gasteiger charge is 2.02. The maximum Gasteiger partial charge on any atom is 0.213 e. The number of hydrogen-bond acceptors (Lipinski definition) is 4. The molecule has 0 saturated heterocycles. The van der Waals surface area contributed by atoms with Crippen molar-refractivity contribution in [1.82, 2.24) is 10.3 Å². The molecular weight excluding hydrogens is 216 g/mol. The van der Waals surface area contributed by atoms with Crippen LogP contribution in [0.4, 0.5) is 0 Å². The first kappa shape index (κ1) is 13.9. The lowest BCUT2D eigenvalue weighted by Crippen LogP contribution is -2.15. The number of hydrogen-bond donors (Lipinski definition) is 1. The van der Waals surface area contributed by atoms with Crippen molar-refractivity contribution in [2.45, 2.75) is 26.8 Å². The molecule has 0 bridgehead atoms. The van der Waals surface area contributed by atoms with Crippen molar-refractivity contribution in [3.63, 3.8) is 0 Å². The first-order valence-electron chi connectivity index (χ1n) is 6.07. The van der Waals surface area contributed by atoms with E-state index in [0.717, 1.165) is 25.2 Å². The van der Waals surface area contributed by atoms with Crippen molar-refractivity contribution in [3.8, 4) is 5.88 Å². The summed E-state index contributed by atoms with van der Waals surface area (Å²) >= 11 is 0. The predicted octanol–water partition coefficient (Wildman–Crippen LogP) is 1.91. The van der Waals surface area contributed by atoms with Crippen LogP contribution in [0.5, 0.6) is 5.88 Å². The minimum atomic E-state index is 0.538. The van der Waals surface area contributed by atoms with Crippen molar-refractivity contribution in [2.24, 2.45) is 0 Å². The van der Waals surface area contributed by atoms with Crippen LogP contribution in [0.2, 0.25) is 0 Å². The summed E-state index contributed by atoms with van der Waals surface area (Å²) in [7, 11) is 1.66. The zero-order chi connectivity index (χ0) is 12.5. The van der Waals surface area contributed by atoms with Crippen molar-refractivity contribution in [1.29, 1.82) is 0 Å². The van der Waals surface area contributed by atoms with Gasteiger partial charge < -0.3 is 14.8 Å².